The first kappa shape index (κ1) is 34.7. The Morgan fingerprint density at radius 3 is 2.33 bits per heavy atom. The van der Waals surface area contributed by atoms with Crippen LogP contribution in [0.15, 0.2) is 97.1 Å². The largest absolute Gasteiger partial charge is 0.508 e. The molecule has 4 aromatic rings. The molecular formula is C38H42N2O8. The molecule has 5 rings (SSSR count). The van der Waals surface area contributed by atoms with Crippen molar-refractivity contribution in [2.75, 3.05) is 20.1 Å². The topological polar surface area (TPSA) is 149 Å². The number of carboxylic acid groups (broad SMARTS) is 1. The highest BCUT2D eigenvalue weighted by Gasteiger charge is 2.33. The number of rotatable bonds is 14. The average Bonchev–Trinajstić information content (AvgIpc) is 3.10. The summed E-state index contributed by atoms with van der Waals surface area (Å²) in [4.78, 5) is 24.8. The second kappa shape index (κ2) is 16.5. The number of aliphatic hydroxyl groups is 2. The van der Waals surface area contributed by atoms with Crippen molar-refractivity contribution in [3.63, 3.8) is 0 Å². The highest BCUT2D eigenvalue weighted by Crippen LogP contribution is 2.39. The van der Waals surface area contributed by atoms with Gasteiger partial charge in [0.25, 0.3) is 0 Å². The molecule has 1 aliphatic heterocycles. The number of carbonyl (C=O) groups excluding carboxylic acids is 1. The van der Waals surface area contributed by atoms with Crippen LogP contribution in [-0.2, 0) is 32.2 Å². The van der Waals surface area contributed by atoms with E-state index in [4.69, 9.17) is 14.6 Å². The summed E-state index contributed by atoms with van der Waals surface area (Å²) in [5.41, 5.74) is 6.03. The minimum atomic E-state index is -1.01. The molecule has 0 spiro atoms. The van der Waals surface area contributed by atoms with Crippen LogP contribution < -0.4 is 5.32 Å². The highest BCUT2D eigenvalue weighted by molar-refractivity contribution is 5.80. The fraction of sp³-hybridized carbons (Fsp3) is 0.316. The normalized spacial score (nSPS) is 18.4. The molecule has 48 heavy (non-hydrogen) atoms. The Kier molecular flexibility index (Phi) is 11.9. The van der Waals surface area contributed by atoms with Crippen molar-refractivity contribution in [3.8, 4) is 16.9 Å². The molecule has 252 valence electrons. The van der Waals surface area contributed by atoms with E-state index in [0.29, 0.717) is 25.1 Å². The van der Waals surface area contributed by atoms with Crippen LogP contribution >= 0.6 is 0 Å². The fourth-order valence-corrected chi connectivity index (χ4v) is 5.82. The SMILES string of the molecule is CN(C[C@@H]1C[C@H](c2ccc(CO)cc2)O[C@H](c2cccc(-c3cccc(CNC(=O)CCC(=O)O)c3)c2)O1)C[C@@H](O)c1cccc(O)c1. The number of nitrogens with zero attached hydrogens (tertiary/aromatic N) is 1. The number of likely N-dealkylation sites (N-methyl/N-ethyl adjacent to an activating group) is 1. The van der Waals surface area contributed by atoms with Crippen LogP contribution in [0, 0.1) is 0 Å². The second-order valence-electron chi connectivity index (χ2n) is 12.2. The van der Waals surface area contributed by atoms with Crippen LogP contribution in [0.3, 0.4) is 0 Å². The fourth-order valence-electron chi connectivity index (χ4n) is 5.82. The van der Waals surface area contributed by atoms with Crippen LogP contribution in [-0.4, -0.2) is 63.4 Å². The lowest BCUT2D eigenvalue weighted by molar-refractivity contribution is -0.252. The molecule has 0 unspecified atom stereocenters. The van der Waals surface area contributed by atoms with Gasteiger partial charge in [0, 0.05) is 38.0 Å². The van der Waals surface area contributed by atoms with E-state index in [9.17, 15) is 24.9 Å². The van der Waals surface area contributed by atoms with Crippen molar-refractivity contribution in [3.05, 3.63) is 125 Å². The zero-order chi connectivity index (χ0) is 34.0. The van der Waals surface area contributed by atoms with E-state index in [1.807, 2.05) is 84.7 Å². The molecule has 0 aliphatic carbocycles. The van der Waals surface area contributed by atoms with Crippen LogP contribution in [0.5, 0.6) is 5.75 Å². The van der Waals surface area contributed by atoms with Crippen LogP contribution in [0.1, 0.15) is 65.6 Å². The molecule has 0 radical (unpaired) electrons. The maximum absolute atomic E-state index is 12.0. The van der Waals surface area contributed by atoms with E-state index in [-0.39, 0.29) is 49.9 Å². The lowest BCUT2D eigenvalue weighted by Crippen LogP contribution is -2.39. The van der Waals surface area contributed by atoms with Crippen LogP contribution in [0.4, 0.5) is 0 Å². The minimum Gasteiger partial charge on any atom is -0.508 e. The zero-order valence-electron chi connectivity index (χ0n) is 26.9. The number of nitrogens with one attached hydrogen (secondary N) is 1. The third-order valence-electron chi connectivity index (χ3n) is 8.34. The number of carboxylic acids is 1. The van der Waals surface area contributed by atoms with Gasteiger partial charge in [0.05, 0.1) is 31.3 Å². The van der Waals surface area contributed by atoms with Crippen molar-refractivity contribution in [1.29, 1.82) is 0 Å². The monoisotopic (exact) mass is 654 g/mol. The molecule has 0 bridgehead atoms. The first-order valence-corrected chi connectivity index (χ1v) is 16.0. The summed E-state index contributed by atoms with van der Waals surface area (Å²) in [5.74, 6) is -1.22. The van der Waals surface area contributed by atoms with Crippen LogP contribution in [0.2, 0.25) is 0 Å². The van der Waals surface area contributed by atoms with Gasteiger partial charge in [-0.3, -0.25) is 9.59 Å². The van der Waals surface area contributed by atoms with E-state index < -0.39 is 18.4 Å². The molecule has 0 saturated carbocycles. The molecule has 10 nitrogen and oxygen atoms in total. The van der Waals surface area contributed by atoms with Crippen molar-refractivity contribution in [2.24, 2.45) is 0 Å². The highest BCUT2D eigenvalue weighted by atomic mass is 16.7. The van der Waals surface area contributed by atoms with E-state index in [2.05, 4.69) is 5.32 Å². The third-order valence-corrected chi connectivity index (χ3v) is 8.34. The number of aliphatic hydroxyl groups excluding tert-OH is 2. The predicted molar refractivity (Wildman–Crippen MR) is 180 cm³/mol. The van der Waals surface area contributed by atoms with E-state index in [1.165, 1.54) is 0 Å². The van der Waals surface area contributed by atoms with Gasteiger partial charge >= 0.3 is 5.97 Å². The summed E-state index contributed by atoms with van der Waals surface area (Å²) in [7, 11) is 1.92. The summed E-state index contributed by atoms with van der Waals surface area (Å²) in [6.45, 7) is 1.11. The maximum atomic E-state index is 12.0. The third kappa shape index (κ3) is 9.72. The van der Waals surface area contributed by atoms with Gasteiger partial charge in [-0.05, 0) is 64.7 Å². The zero-order valence-corrected chi connectivity index (χ0v) is 26.9. The number of hydrogen-bond acceptors (Lipinski definition) is 8. The summed E-state index contributed by atoms with van der Waals surface area (Å²) in [5, 5.41) is 41.8. The number of amides is 1. The molecule has 10 heteroatoms. The molecule has 0 aromatic heterocycles. The summed E-state index contributed by atoms with van der Waals surface area (Å²) >= 11 is 0. The first-order chi connectivity index (χ1) is 23.2. The number of carbonyl (C=O) groups is 2. The number of phenols is 1. The molecule has 4 atom stereocenters. The van der Waals surface area contributed by atoms with Crippen molar-refractivity contribution in [2.45, 2.75) is 57.0 Å². The summed E-state index contributed by atoms with van der Waals surface area (Å²) in [6.07, 6.45) is -1.66. The predicted octanol–water partition coefficient (Wildman–Crippen LogP) is 5.24. The van der Waals surface area contributed by atoms with Gasteiger partial charge in [0.1, 0.15) is 5.75 Å². The number of phenolic OH excluding ortho intramolecular Hbond substituents is 1. The molecule has 1 amide bonds. The van der Waals surface area contributed by atoms with E-state index >= 15 is 0 Å². The minimum absolute atomic E-state index is 0.0441. The first-order valence-electron chi connectivity index (χ1n) is 16.0. The van der Waals surface area contributed by atoms with Gasteiger partial charge in [-0.25, -0.2) is 0 Å². The van der Waals surface area contributed by atoms with Gasteiger partial charge in [0.2, 0.25) is 5.91 Å². The van der Waals surface area contributed by atoms with Gasteiger partial charge < -0.3 is 40.1 Å². The van der Waals surface area contributed by atoms with Crippen molar-refractivity contribution < 1.29 is 39.5 Å². The molecule has 5 N–H and O–H groups in total. The maximum Gasteiger partial charge on any atom is 0.303 e. The van der Waals surface area contributed by atoms with Crippen LogP contribution in [0.25, 0.3) is 11.1 Å². The van der Waals surface area contributed by atoms with Gasteiger partial charge in [-0.2, -0.15) is 0 Å². The molecule has 4 aromatic carbocycles. The van der Waals surface area contributed by atoms with Gasteiger partial charge in [0.15, 0.2) is 6.29 Å². The van der Waals surface area contributed by atoms with Crippen molar-refractivity contribution >= 4 is 11.9 Å². The Hall–Kier alpha value is -4.58. The van der Waals surface area contributed by atoms with E-state index in [0.717, 1.165) is 33.4 Å². The molecule has 1 aliphatic rings. The quantitative estimate of drug-likeness (QED) is 0.123. The number of benzene rings is 4. The van der Waals surface area contributed by atoms with E-state index in [1.54, 1.807) is 24.3 Å². The number of aromatic hydroxyl groups is 1. The Bertz CT molecular complexity index is 1680. The molecule has 1 fully saturated rings. The average molecular weight is 655 g/mol. The number of hydrogen-bond donors (Lipinski definition) is 5. The Balaban J connectivity index is 1.32. The Morgan fingerprint density at radius 1 is 0.875 bits per heavy atom. The lowest BCUT2D eigenvalue weighted by Gasteiger charge is -2.38. The molecular weight excluding hydrogens is 612 g/mol. The Morgan fingerprint density at radius 2 is 1.60 bits per heavy atom. The summed E-state index contributed by atoms with van der Waals surface area (Å²) in [6, 6.07) is 30.1. The lowest BCUT2D eigenvalue weighted by atomic mass is 9.98. The number of ether oxygens (including phenoxy) is 2. The summed E-state index contributed by atoms with van der Waals surface area (Å²) < 4.78 is 13.1. The number of aliphatic carboxylic acids is 1. The van der Waals surface area contributed by atoms with Gasteiger partial charge in [-0.15, -0.1) is 0 Å². The van der Waals surface area contributed by atoms with Crippen molar-refractivity contribution in [1.82, 2.24) is 10.2 Å². The second-order valence-corrected chi connectivity index (χ2v) is 12.2. The Labute approximate surface area is 280 Å². The molecule has 1 saturated heterocycles. The molecule has 1 heterocycles. The smallest absolute Gasteiger partial charge is 0.303 e. The van der Waals surface area contributed by atoms with Gasteiger partial charge in [-0.1, -0.05) is 72.8 Å². The standard InChI is InChI=1S/C38H42N2O8/c1-40(23-34(43)30-8-4-10-32(42)19-30)22-33-20-35(27-13-11-25(24-41)12-14-27)48-38(47-33)31-9-3-7-29(18-31)28-6-2-5-26(17-28)21-39-36(44)15-16-37(45)46/h2-14,17-19,33-35,38,41-43H,15-16,20-24H2,1H3,(H,39,44)(H,45,46)/t33-,34+,35+,38+/m0/s1.